The summed E-state index contributed by atoms with van der Waals surface area (Å²) in [6, 6.07) is 10.7. The lowest BCUT2D eigenvalue weighted by atomic mass is 9.98. The summed E-state index contributed by atoms with van der Waals surface area (Å²) in [6.45, 7) is 0. The molecule has 0 saturated heterocycles. The number of carbonyl (C=O) groups is 1. The zero-order valence-corrected chi connectivity index (χ0v) is 13.0. The van der Waals surface area contributed by atoms with Crippen molar-refractivity contribution in [3.05, 3.63) is 42.0 Å². The normalized spacial score (nSPS) is 10.0. The fraction of sp³-hybridized carbons (Fsp3) is 0.235. The van der Waals surface area contributed by atoms with Crippen molar-refractivity contribution in [3.8, 4) is 28.4 Å². The van der Waals surface area contributed by atoms with Crippen molar-refractivity contribution >= 4 is 5.97 Å². The SMILES string of the molecule is COC(=O)c1ccccc1-c1cc(OC)c(OC)cc1OC. The van der Waals surface area contributed by atoms with Gasteiger partial charge in [0.1, 0.15) is 5.75 Å². The van der Waals surface area contributed by atoms with Crippen LogP contribution in [0.5, 0.6) is 17.2 Å². The number of rotatable bonds is 5. The maximum absolute atomic E-state index is 12.0. The van der Waals surface area contributed by atoms with Gasteiger partial charge in [0.15, 0.2) is 11.5 Å². The van der Waals surface area contributed by atoms with E-state index in [1.807, 2.05) is 12.1 Å². The average Bonchev–Trinajstić information content (AvgIpc) is 2.59. The highest BCUT2D eigenvalue weighted by atomic mass is 16.5. The quantitative estimate of drug-likeness (QED) is 0.794. The predicted molar refractivity (Wildman–Crippen MR) is 82.9 cm³/mol. The van der Waals surface area contributed by atoms with Crippen LogP contribution >= 0.6 is 0 Å². The molecule has 116 valence electrons. The van der Waals surface area contributed by atoms with Gasteiger partial charge in [-0.25, -0.2) is 4.79 Å². The summed E-state index contributed by atoms with van der Waals surface area (Å²) in [5, 5.41) is 0. The van der Waals surface area contributed by atoms with Gasteiger partial charge in [-0.1, -0.05) is 18.2 Å². The molecular weight excluding hydrogens is 284 g/mol. The number of carbonyl (C=O) groups excluding carboxylic acids is 1. The Bertz CT molecular complexity index is 679. The van der Waals surface area contributed by atoms with E-state index in [2.05, 4.69) is 0 Å². The van der Waals surface area contributed by atoms with Gasteiger partial charge in [-0.15, -0.1) is 0 Å². The van der Waals surface area contributed by atoms with Crippen LogP contribution in [0, 0.1) is 0 Å². The third kappa shape index (κ3) is 2.83. The Morgan fingerprint density at radius 1 is 0.773 bits per heavy atom. The molecule has 2 rings (SSSR count). The molecule has 0 aliphatic heterocycles. The van der Waals surface area contributed by atoms with Crippen molar-refractivity contribution in [1.82, 2.24) is 0 Å². The second-order valence-electron chi connectivity index (χ2n) is 4.44. The second-order valence-corrected chi connectivity index (χ2v) is 4.44. The third-order valence-corrected chi connectivity index (χ3v) is 3.33. The first-order valence-electron chi connectivity index (χ1n) is 6.64. The Morgan fingerprint density at radius 2 is 1.36 bits per heavy atom. The fourth-order valence-corrected chi connectivity index (χ4v) is 2.25. The zero-order valence-electron chi connectivity index (χ0n) is 13.0. The van der Waals surface area contributed by atoms with Crippen molar-refractivity contribution in [3.63, 3.8) is 0 Å². The van der Waals surface area contributed by atoms with Crippen molar-refractivity contribution in [2.45, 2.75) is 0 Å². The minimum absolute atomic E-state index is 0.410. The zero-order chi connectivity index (χ0) is 16.1. The van der Waals surface area contributed by atoms with Gasteiger partial charge in [-0.05, 0) is 12.1 Å². The highest BCUT2D eigenvalue weighted by Gasteiger charge is 2.18. The lowest BCUT2D eigenvalue weighted by molar-refractivity contribution is 0.0601. The molecule has 0 fully saturated rings. The van der Waals surface area contributed by atoms with Gasteiger partial charge < -0.3 is 18.9 Å². The van der Waals surface area contributed by atoms with Gasteiger partial charge >= 0.3 is 5.97 Å². The Morgan fingerprint density at radius 3 is 1.95 bits per heavy atom. The second kappa shape index (κ2) is 6.85. The van der Waals surface area contributed by atoms with Crippen molar-refractivity contribution in [1.29, 1.82) is 0 Å². The van der Waals surface area contributed by atoms with E-state index in [4.69, 9.17) is 18.9 Å². The third-order valence-electron chi connectivity index (χ3n) is 3.33. The lowest BCUT2D eigenvalue weighted by Gasteiger charge is -2.15. The van der Waals surface area contributed by atoms with Gasteiger partial charge in [-0.3, -0.25) is 0 Å². The van der Waals surface area contributed by atoms with Crippen LogP contribution in [0.4, 0.5) is 0 Å². The molecule has 0 spiro atoms. The Labute approximate surface area is 129 Å². The molecule has 22 heavy (non-hydrogen) atoms. The van der Waals surface area contributed by atoms with E-state index in [-0.39, 0.29) is 0 Å². The van der Waals surface area contributed by atoms with Crippen LogP contribution in [0.15, 0.2) is 36.4 Å². The van der Waals surface area contributed by atoms with Crippen molar-refractivity contribution in [2.75, 3.05) is 28.4 Å². The van der Waals surface area contributed by atoms with E-state index in [1.54, 1.807) is 45.6 Å². The van der Waals surface area contributed by atoms with Crippen molar-refractivity contribution < 1.29 is 23.7 Å². The topological polar surface area (TPSA) is 54.0 Å². The molecule has 0 N–H and O–H groups in total. The maximum atomic E-state index is 12.0. The Hall–Kier alpha value is -2.69. The van der Waals surface area contributed by atoms with Crippen LogP contribution in [0.3, 0.4) is 0 Å². The van der Waals surface area contributed by atoms with Crippen LogP contribution in [0.1, 0.15) is 10.4 Å². The molecule has 2 aromatic carbocycles. The number of hydrogen-bond donors (Lipinski definition) is 0. The number of benzene rings is 2. The molecule has 0 amide bonds. The van der Waals surface area contributed by atoms with Gasteiger partial charge in [0.05, 0.1) is 34.0 Å². The van der Waals surface area contributed by atoms with E-state index in [1.165, 1.54) is 7.11 Å². The summed E-state index contributed by atoms with van der Waals surface area (Å²) in [5.74, 6) is 1.28. The number of hydrogen-bond acceptors (Lipinski definition) is 5. The van der Waals surface area contributed by atoms with Crippen LogP contribution < -0.4 is 14.2 Å². The molecule has 0 heterocycles. The number of ether oxygens (including phenoxy) is 4. The number of methoxy groups -OCH3 is 4. The summed E-state index contributed by atoms with van der Waals surface area (Å²) < 4.78 is 20.9. The molecular formula is C17H18O5. The summed E-state index contributed by atoms with van der Waals surface area (Å²) in [5.41, 5.74) is 1.88. The predicted octanol–water partition coefficient (Wildman–Crippen LogP) is 3.17. The van der Waals surface area contributed by atoms with E-state index in [0.29, 0.717) is 28.4 Å². The van der Waals surface area contributed by atoms with Gasteiger partial charge in [0.25, 0.3) is 0 Å². The molecule has 0 atom stereocenters. The molecule has 0 aromatic heterocycles. The molecule has 0 saturated carbocycles. The summed E-state index contributed by atoms with van der Waals surface area (Å²) in [6.07, 6.45) is 0. The first-order chi connectivity index (χ1) is 10.7. The van der Waals surface area contributed by atoms with Gasteiger partial charge in [0.2, 0.25) is 0 Å². The van der Waals surface area contributed by atoms with Crippen LogP contribution in [0.2, 0.25) is 0 Å². The van der Waals surface area contributed by atoms with Crippen LogP contribution in [-0.2, 0) is 4.74 Å². The standard InChI is InChI=1S/C17H18O5/c1-19-14-10-16(21-3)15(20-2)9-13(14)11-7-5-6-8-12(11)17(18)22-4/h5-10H,1-4H3. The van der Waals surface area contributed by atoms with Gasteiger partial charge in [0, 0.05) is 17.2 Å². The lowest BCUT2D eigenvalue weighted by Crippen LogP contribution is -2.04. The summed E-state index contributed by atoms with van der Waals surface area (Å²) in [7, 11) is 6.02. The first-order valence-corrected chi connectivity index (χ1v) is 6.64. The highest BCUT2D eigenvalue weighted by Crippen LogP contribution is 2.41. The molecule has 0 bridgehead atoms. The highest BCUT2D eigenvalue weighted by molar-refractivity contribution is 5.98. The molecule has 0 unspecified atom stereocenters. The molecule has 0 radical (unpaired) electrons. The maximum Gasteiger partial charge on any atom is 0.338 e. The largest absolute Gasteiger partial charge is 0.496 e. The molecule has 0 aliphatic rings. The van der Waals surface area contributed by atoms with E-state index >= 15 is 0 Å². The molecule has 2 aromatic rings. The average molecular weight is 302 g/mol. The fourth-order valence-electron chi connectivity index (χ4n) is 2.25. The van der Waals surface area contributed by atoms with Crippen molar-refractivity contribution in [2.24, 2.45) is 0 Å². The molecule has 5 heteroatoms. The smallest absolute Gasteiger partial charge is 0.338 e. The molecule has 5 nitrogen and oxygen atoms in total. The minimum Gasteiger partial charge on any atom is -0.496 e. The summed E-state index contributed by atoms with van der Waals surface area (Å²) in [4.78, 5) is 12.0. The minimum atomic E-state index is -0.410. The Balaban J connectivity index is 2.69. The van der Waals surface area contributed by atoms with E-state index < -0.39 is 5.97 Å². The molecule has 0 aliphatic carbocycles. The van der Waals surface area contributed by atoms with E-state index in [0.717, 1.165) is 5.56 Å². The first kappa shape index (κ1) is 15.7. The number of esters is 1. The summed E-state index contributed by atoms with van der Waals surface area (Å²) >= 11 is 0. The van der Waals surface area contributed by atoms with Crippen LogP contribution in [0.25, 0.3) is 11.1 Å². The van der Waals surface area contributed by atoms with Crippen LogP contribution in [-0.4, -0.2) is 34.4 Å². The van der Waals surface area contributed by atoms with Gasteiger partial charge in [-0.2, -0.15) is 0 Å². The van der Waals surface area contributed by atoms with E-state index in [9.17, 15) is 4.79 Å². The Kier molecular flexibility index (Phi) is 4.88. The monoisotopic (exact) mass is 302 g/mol.